The molecule has 1 amide bonds. The Morgan fingerprint density at radius 1 is 1.03 bits per heavy atom. The first-order chi connectivity index (χ1) is 16.0. The van der Waals surface area contributed by atoms with Crippen molar-refractivity contribution in [3.8, 4) is 0 Å². The van der Waals surface area contributed by atoms with Crippen LogP contribution in [0.3, 0.4) is 0 Å². The molecule has 2 aromatic heterocycles. The van der Waals surface area contributed by atoms with Crippen LogP contribution in [0.1, 0.15) is 57.4 Å². The van der Waals surface area contributed by atoms with Gasteiger partial charge in [-0.05, 0) is 49.6 Å². The van der Waals surface area contributed by atoms with E-state index < -0.39 is 0 Å². The normalized spacial score (nSPS) is 12.1. The second-order valence-electron chi connectivity index (χ2n) is 8.31. The number of rotatable bonds is 9. The number of oxazole rings is 1. The van der Waals surface area contributed by atoms with Gasteiger partial charge in [0.15, 0.2) is 5.69 Å². The van der Waals surface area contributed by atoms with Gasteiger partial charge >= 0.3 is 0 Å². The Labute approximate surface area is 194 Å². The number of nitrogens with zero attached hydrogens (tertiary/aromatic N) is 2. The Kier molecular flexibility index (Phi) is 7.05. The Morgan fingerprint density at radius 3 is 2.58 bits per heavy atom. The van der Waals surface area contributed by atoms with Crippen LogP contribution in [0, 0.1) is 13.8 Å². The van der Waals surface area contributed by atoms with Crippen LogP contribution in [0.4, 0.5) is 0 Å². The van der Waals surface area contributed by atoms with E-state index in [1.807, 2.05) is 24.3 Å². The average Bonchev–Trinajstić information content (AvgIpc) is 3.51. The molecule has 0 saturated carbocycles. The highest BCUT2D eigenvalue weighted by molar-refractivity contribution is 5.91. The minimum absolute atomic E-state index is 0.134. The van der Waals surface area contributed by atoms with Crippen LogP contribution >= 0.6 is 0 Å². The van der Waals surface area contributed by atoms with Crippen LogP contribution in [0.15, 0.2) is 82.0 Å². The lowest BCUT2D eigenvalue weighted by atomic mass is 10.0. The number of hydrogen-bond acceptors (Lipinski definition) is 5. The van der Waals surface area contributed by atoms with E-state index in [1.54, 1.807) is 12.3 Å². The maximum absolute atomic E-state index is 12.5. The highest BCUT2D eigenvalue weighted by atomic mass is 16.3. The molecular weight excluding hydrogens is 414 g/mol. The molecule has 6 heteroatoms. The van der Waals surface area contributed by atoms with E-state index >= 15 is 0 Å². The molecule has 4 rings (SSSR count). The lowest BCUT2D eigenvalue weighted by Crippen LogP contribution is -2.27. The molecule has 0 aliphatic heterocycles. The number of nitrogens with one attached hydrogen (secondary N) is 1. The minimum atomic E-state index is -0.293. The second kappa shape index (κ2) is 10.3. The zero-order valence-corrected chi connectivity index (χ0v) is 19.2. The number of furan rings is 1. The van der Waals surface area contributed by atoms with Crippen molar-refractivity contribution in [2.24, 2.45) is 0 Å². The molecule has 0 bridgehead atoms. The van der Waals surface area contributed by atoms with Crippen LogP contribution in [0.5, 0.6) is 0 Å². The smallest absolute Gasteiger partial charge is 0.273 e. The summed E-state index contributed by atoms with van der Waals surface area (Å²) in [6, 6.07) is 20.6. The van der Waals surface area contributed by atoms with E-state index in [4.69, 9.17) is 8.83 Å². The van der Waals surface area contributed by atoms with E-state index in [9.17, 15) is 4.79 Å². The van der Waals surface area contributed by atoms with Crippen molar-refractivity contribution in [3.05, 3.63) is 113 Å². The number of carbonyl (C=O) groups excluding carboxylic acids is 1. The molecule has 0 saturated heterocycles. The summed E-state index contributed by atoms with van der Waals surface area (Å²) in [4.78, 5) is 19.2. The summed E-state index contributed by atoms with van der Waals surface area (Å²) < 4.78 is 10.9. The Balaban J connectivity index is 1.50. The van der Waals surface area contributed by atoms with Crippen LogP contribution in [0.2, 0.25) is 0 Å². The summed E-state index contributed by atoms with van der Waals surface area (Å²) in [5.74, 6) is 0.896. The Hall–Kier alpha value is -3.64. The third-order valence-electron chi connectivity index (χ3n) is 5.83. The quantitative estimate of drug-likeness (QED) is 0.366. The molecule has 33 heavy (non-hydrogen) atoms. The zero-order chi connectivity index (χ0) is 23.2. The molecule has 0 aliphatic carbocycles. The standard InChI is InChI=1S/C27H29N3O3/c1-19-11-12-23(20(2)14-19)16-30(21(3)22-8-5-4-6-9-22)17-26-29-25(18-33-26)27(31)28-15-24-10-7-13-32-24/h4-14,18,21H,15-17H2,1-3H3,(H,28,31)/t21-/m0/s1. The first-order valence-electron chi connectivity index (χ1n) is 11.1. The lowest BCUT2D eigenvalue weighted by molar-refractivity contribution is 0.0943. The molecule has 0 unspecified atom stereocenters. The first kappa shape index (κ1) is 22.6. The van der Waals surface area contributed by atoms with Gasteiger partial charge in [0.2, 0.25) is 5.89 Å². The van der Waals surface area contributed by atoms with Crippen LogP contribution < -0.4 is 5.32 Å². The summed E-state index contributed by atoms with van der Waals surface area (Å²) in [5.41, 5.74) is 5.23. The molecule has 0 fully saturated rings. The summed E-state index contributed by atoms with van der Waals surface area (Å²) in [5, 5.41) is 2.80. The van der Waals surface area contributed by atoms with E-state index in [1.165, 1.54) is 28.5 Å². The summed E-state index contributed by atoms with van der Waals surface area (Å²) in [6.45, 7) is 7.95. The molecular formula is C27H29N3O3. The molecule has 1 N–H and O–H groups in total. The van der Waals surface area contributed by atoms with Crippen molar-refractivity contribution in [1.82, 2.24) is 15.2 Å². The van der Waals surface area contributed by atoms with Gasteiger partial charge in [-0.3, -0.25) is 9.69 Å². The number of benzene rings is 2. The largest absolute Gasteiger partial charge is 0.467 e. The first-order valence-corrected chi connectivity index (χ1v) is 11.1. The molecule has 0 spiro atoms. The van der Waals surface area contributed by atoms with Gasteiger partial charge in [0.25, 0.3) is 5.91 Å². The third-order valence-corrected chi connectivity index (χ3v) is 5.83. The molecule has 170 valence electrons. The van der Waals surface area contributed by atoms with Crippen molar-refractivity contribution < 1.29 is 13.6 Å². The van der Waals surface area contributed by atoms with E-state index in [0.717, 1.165) is 6.54 Å². The predicted molar refractivity (Wildman–Crippen MR) is 126 cm³/mol. The molecule has 2 aromatic carbocycles. The van der Waals surface area contributed by atoms with Gasteiger partial charge in [0, 0.05) is 12.6 Å². The average molecular weight is 444 g/mol. The fraction of sp³-hybridized carbons (Fsp3) is 0.259. The van der Waals surface area contributed by atoms with Crippen molar-refractivity contribution in [2.75, 3.05) is 0 Å². The zero-order valence-electron chi connectivity index (χ0n) is 19.2. The summed E-state index contributed by atoms with van der Waals surface area (Å²) in [6.07, 6.45) is 2.99. The summed E-state index contributed by atoms with van der Waals surface area (Å²) in [7, 11) is 0. The van der Waals surface area contributed by atoms with Crippen LogP contribution in [-0.2, 0) is 19.6 Å². The highest BCUT2D eigenvalue weighted by Crippen LogP contribution is 2.25. The number of hydrogen-bond donors (Lipinski definition) is 1. The van der Waals surface area contributed by atoms with Crippen molar-refractivity contribution in [2.45, 2.75) is 46.4 Å². The molecule has 0 aliphatic rings. The molecule has 6 nitrogen and oxygen atoms in total. The molecule has 2 heterocycles. The van der Waals surface area contributed by atoms with Gasteiger partial charge in [-0.15, -0.1) is 0 Å². The van der Waals surface area contributed by atoms with E-state index in [2.05, 4.69) is 66.3 Å². The predicted octanol–water partition coefficient (Wildman–Crippen LogP) is 5.58. The SMILES string of the molecule is Cc1ccc(CN(Cc2nc(C(=O)NCc3ccco3)co2)[C@@H](C)c2ccccc2)c(C)c1. The monoisotopic (exact) mass is 443 g/mol. The fourth-order valence-electron chi connectivity index (χ4n) is 3.85. The van der Waals surface area contributed by atoms with Gasteiger partial charge in [-0.25, -0.2) is 4.98 Å². The maximum atomic E-state index is 12.5. The second-order valence-corrected chi connectivity index (χ2v) is 8.31. The van der Waals surface area contributed by atoms with E-state index in [0.29, 0.717) is 24.7 Å². The van der Waals surface area contributed by atoms with Crippen LogP contribution in [0.25, 0.3) is 0 Å². The number of aryl methyl sites for hydroxylation is 2. The van der Waals surface area contributed by atoms with E-state index in [-0.39, 0.29) is 17.6 Å². The van der Waals surface area contributed by atoms with Crippen molar-refractivity contribution in [3.63, 3.8) is 0 Å². The highest BCUT2D eigenvalue weighted by Gasteiger charge is 2.21. The molecule has 0 radical (unpaired) electrons. The van der Waals surface area contributed by atoms with Crippen molar-refractivity contribution >= 4 is 5.91 Å². The van der Waals surface area contributed by atoms with Gasteiger partial charge in [0.05, 0.1) is 19.4 Å². The Bertz CT molecular complexity index is 1180. The van der Waals surface area contributed by atoms with Gasteiger partial charge in [-0.1, -0.05) is 54.1 Å². The van der Waals surface area contributed by atoms with Crippen LogP contribution in [-0.4, -0.2) is 15.8 Å². The number of aromatic nitrogens is 1. The fourth-order valence-corrected chi connectivity index (χ4v) is 3.85. The maximum Gasteiger partial charge on any atom is 0.273 e. The lowest BCUT2D eigenvalue weighted by Gasteiger charge is -2.29. The third kappa shape index (κ3) is 5.79. The van der Waals surface area contributed by atoms with Crippen molar-refractivity contribution in [1.29, 1.82) is 0 Å². The van der Waals surface area contributed by atoms with Gasteiger partial charge in [0.1, 0.15) is 12.0 Å². The van der Waals surface area contributed by atoms with Gasteiger partial charge < -0.3 is 14.2 Å². The molecule has 1 atom stereocenters. The Morgan fingerprint density at radius 2 is 1.85 bits per heavy atom. The number of carbonyl (C=O) groups is 1. The topological polar surface area (TPSA) is 71.5 Å². The van der Waals surface area contributed by atoms with Gasteiger partial charge in [-0.2, -0.15) is 0 Å². The number of amides is 1. The summed E-state index contributed by atoms with van der Waals surface area (Å²) >= 11 is 0. The minimum Gasteiger partial charge on any atom is -0.467 e. The molecule has 4 aromatic rings.